The van der Waals surface area contributed by atoms with Crippen LogP contribution in [-0.4, -0.2) is 34.2 Å². The van der Waals surface area contributed by atoms with E-state index in [0.717, 1.165) is 23.4 Å². The number of piperidine rings is 1. The van der Waals surface area contributed by atoms with E-state index in [0.29, 0.717) is 36.8 Å². The molecule has 7 nitrogen and oxygen atoms in total. The number of carbonyl (C=O) groups excluding carboxylic acids is 1. The summed E-state index contributed by atoms with van der Waals surface area (Å²) in [7, 11) is 0. The standard InChI is InChI=1S/C25H25F3N4O3/c1-15-14-32(24(33)30-23-16(2)17(3)35-31-23)10-9-19(15)11-18-5-4-6-20(12-18)34-21-7-8-22(29-13-21)25(26,27)28/h4-8,11-13,15H,9-10,14H2,1-3H3,(H,30,31,33)/b19-11+. The van der Waals surface area contributed by atoms with E-state index in [1.54, 1.807) is 17.9 Å². The molecule has 3 aromatic rings. The third-order valence-electron chi connectivity index (χ3n) is 5.94. The average Bonchev–Trinajstić information content (AvgIpc) is 3.12. The average molecular weight is 486 g/mol. The van der Waals surface area contributed by atoms with Gasteiger partial charge in [-0.15, -0.1) is 0 Å². The highest BCUT2D eigenvalue weighted by Gasteiger charge is 2.32. The van der Waals surface area contributed by atoms with Crippen LogP contribution in [0.5, 0.6) is 11.5 Å². The van der Waals surface area contributed by atoms with Gasteiger partial charge >= 0.3 is 12.2 Å². The van der Waals surface area contributed by atoms with Crippen LogP contribution in [0.1, 0.15) is 35.9 Å². The maximum atomic E-state index is 12.7. The van der Waals surface area contributed by atoms with Crippen LogP contribution in [0.3, 0.4) is 0 Å². The largest absolute Gasteiger partial charge is 0.456 e. The van der Waals surface area contributed by atoms with Crippen LogP contribution in [0.15, 0.2) is 52.7 Å². The van der Waals surface area contributed by atoms with E-state index in [1.165, 1.54) is 11.6 Å². The first-order valence-electron chi connectivity index (χ1n) is 11.1. The fraction of sp³-hybridized carbons (Fsp3) is 0.320. The number of carbonyl (C=O) groups is 1. The molecule has 0 aliphatic carbocycles. The molecule has 3 heterocycles. The van der Waals surface area contributed by atoms with Gasteiger partial charge in [0.2, 0.25) is 0 Å². The van der Waals surface area contributed by atoms with Crippen molar-refractivity contribution in [1.29, 1.82) is 0 Å². The second-order valence-electron chi connectivity index (χ2n) is 8.51. The molecule has 2 aromatic heterocycles. The molecule has 1 aliphatic rings. The number of rotatable bonds is 4. The monoisotopic (exact) mass is 486 g/mol. The van der Waals surface area contributed by atoms with E-state index < -0.39 is 11.9 Å². The number of hydrogen-bond donors (Lipinski definition) is 1. The number of nitrogens with zero attached hydrogens (tertiary/aromatic N) is 3. The van der Waals surface area contributed by atoms with Gasteiger partial charge in [-0.25, -0.2) is 9.78 Å². The topological polar surface area (TPSA) is 80.5 Å². The Balaban J connectivity index is 1.39. The predicted octanol–water partition coefficient (Wildman–Crippen LogP) is 6.45. The van der Waals surface area contributed by atoms with Gasteiger partial charge in [-0.2, -0.15) is 13.2 Å². The van der Waals surface area contributed by atoms with Crippen molar-refractivity contribution in [2.24, 2.45) is 5.92 Å². The Morgan fingerprint density at radius 3 is 2.66 bits per heavy atom. The molecule has 2 amide bonds. The Hall–Kier alpha value is -3.82. The molecule has 0 saturated carbocycles. The lowest BCUT2D eigenvalue weighted by atomic mass is 9.91. The molecule has 184 valence electrons. The van der Waals surface area contributed by atoms with Gasteiger partial charge in [-0.3, -0.25) is 5.32 Å². The van der Waals surface area contributed by atoms with E-state index in [4.69, 9.17) is 9.26 Å². The van der Waals surface area contributed by atoms with Crippen molar-refractivity contribution in [1.82, 2.24) is 15.0 Å². The molecule has 0 radical (unpaired) electrons. The minimum Gasteiger partial charge on any atom is -0.456 e. The van der Waals surface area contributed by atoms with Crippen molar-refractivity contribution >= 4 is 17.9 Å². The van der Waals surface area contributed by atoms with Gasteiger partial charge in [0, 0.05) is 18.7 Å². The van der Waals surface area contributed by atoms with Gasteiger partial charge in [0.05, 0.1) is 6.20 Å². The zero-order valence-corrected chi connectivity index (χ0v) is 19.5. The van der Waals surface area contributed by atoms with Crippen LogP contribution in [0.25, 0.3) is 6.08 Å². The van der Waals surface area contributed by atoms with Crippen LogP contribution in [0.2, 0.25) is 0 Å². The van der Waals surface area contributed by atoms with E-state index in [-0.39, 0.29) is 17.7 Å². The van der Waals surface area contributed by atoms with Crippen molar-refractivity contribution in [3.8, 4) is 11.5 Å². The highest BCUT2D eigenvalue weighted by atomic mass is 19.4. The molecule has 35 heavy (non-hydrogen) atoms. The number of hydrogen-bond acceptors (Lipinski definition) is 5. The van der Waals surface area contributed by atoms with Crippen LogP contribution in [-0.2, 0) is 6.18 Å². The molecule has 1 fully saturated rings. The summed E-state index contributed by atoms with van der Waals surface area (Å²) in [4.78, 5) is 17.8. The molecule has 0 bridgehead atoms. The number of anilines is 1. The SMILES string of the molecule is Cc1onc(NC(=O)N2CC/C(=C\c3cccc(Oc4ccc(C(F)(F)F)nc4)c3)C(C)C2)c1C. The molecule has 4 rings (SSSR count). The van der Waals surface area contributed by atoms with Gasteiger partial charge in [-0.1, -0.05) is 35.9 Å². The third kappa shape index (κ3) is 5.82. The second-order valence-corrected chi connectivity index (χ2v) is 8.51. The lowest BCUT2D eigenvalue weighted by Gasteiger charge is -2.33. The molecule has 1 saturated heterocycles. The van der Waals surface area contributed by atoms with Gasteiger partial charge in [0.25, 0.3) is 0 Å². The van der Waals surface area contributed by atoms with Crippen molar-refractivity contribution in [3.05, 3.63) is 70.7 Å². The second kappa shape index (κ2) is 9.81. The van der Waals surface area contributed by atoms with Crippen molar-refractivity contribution in [2.75, 3.05) is 18.4 Å². The molecular formula is C25H25F3N4O3. The first-order chi connectivity index (χ1) is 16.6. The van der Waals surface area contributed by atoms with Crippen molar-refractivity contribution in [3.63, 3.8) is 0 Å². The van der Waals surface area contributed by atoms with E-state index >= 15 is 0 Å². The number of ether oxygens (including phenoxy) is 1. The van der Waals surface area contributed by atoms with Gasteiger partial charge in [0.1, 0.15) is 23.0 Å². The number of halogens is 3. The van der Waals surface area contributed by atoms with Gasteiger partial charge < -0.3 is 14.2 Å². The van der Waals surface area contributed by atoms with Gasteiger partial charge in [-0.05, 0) is 56.0 Å². The Morgan fingerprint density at radius 1 is 1.23 bits per heavy atom. The maximum absolute atomic E-state index is 12.7. The number of pyridine rings is 1. The molecule has 1 aromatic carbocycles. The maximum Gasteiger partial charge on any atom is 0.433 e. The van der Waals surface area contributed by atoms with Crippen molar-refractivity contribution in [2.45, 2.75) is 33.4 Å². The highest BCUT2D eigenvalue weighted by Crippen LogP contribution is 2.31. The summed E-state index contributed by atoms with van der Waals surface area (Å²) in [5.41, 5.74) is 1.92. The van der Waals surface area contributed by atoms with E-state index in [9.17, 15) is 18.0 Å². The molecule has 10 heteroatoms. The van der Waals surface area contributed by atoms with E-state index in [1.807, 2.05) is 25.1 Å². The number of aromatic nitrogens is 2. The van der Waals surface area contributed by atoms with Crippen LogP contribution in [0.4, 0.5) is 23.8 Å². The first-order valence-corrected chi connectivity index (χ1v) is 11.1. The summed E-state index contributed by atoms with van der Waals surface area (Å²) in [5, 5.41) is 6.69. The summed E-state index contributed by atoms with van der Waals surface area (Å²) < 4.78 is 48.9. The number of nitrogens with one attached hydrogen (secondary N) is 1. The number of amides is 2. The third-order valence-corrected chi connectivity index (χ3v) is 5.94. The summed E-state index contributed by atoms with van der Waals surface area (Å²) in [6.07, 6.45) is -0.674. The van der Waals surface area contributed by atoms with Crippen LogP contribution >= 0.6 is 0 Å². The molecular weight excluding hydrogens is 461 g/mol. The quantitative estimate of drug-likeness (QED) is 0.458. The fourth-order valence-corrected chi connectivity index (χ4v) is 3.79. The summed E-state index contributed by atoms with van der Waals surface area (Å²) >= 11 is 0. The highest BCUT2D eigenvalue weighted by molar-refractivity contribution is 5.89. The normalized spacial score (nSPS) is 17.5. The number of benzene rings is 1. The number of aryl methyl sites for hydroxylation is 1. The number of alkyl halides is 3. The Morgan fingerprint density at radius 2 is 2.03 bits per heavy atom. The molecule has 1 N–H and O–H groups in total. The zero-order chi connectivity index (χ0) is 25.2. The van der Waals surface area contributed by atoms with Crippen LogP contribution in [0, 0.1) is 19.8 Å². The van der Waals surface area contributed by atoms with E-state index in [2.05, 4.69) is 28.5 Å². The Kier molecular flexibility index (Phi) is 6.81. The Labute approximate surface area is 200 Å². The minimum absolute atomic E-state index is 0.137. The molecule has 1 atom stereocenters. The lowest BCUT2D eigenvalue weighted by molar-refractivity contribution is -0.141. The smallest absolute Gasteiger partial charge is 0.433 e. The molecule has 0 spiro atoms. The lowest BCUT2D eigenvalue weighted by Crippen LogP contribution is -2.42. The summed E-state index contributed by atoms with van der Waals surface area (Å²) in [5.74, 6) is 1.94. The van der Waals surface area contributed by atoms with Crippen molar-refractivity contribution < 1.29 is 27.2 Å². The number of likely N-dealkylation sites (tertiary alicyclic amines) is 1. The Bertz CT molecular complexity index is 1240. The molecule has 1 aliphatic heterocycles. The molecule has 1 unspecified atom stereocenters. The summed E-state index contributed by atoms with van der Waals surface area (Å²) in [6, 6.07) is 9.19. The number of urea groups is 1. The summed E-state index contributed by atoms with van der Waals surface area (Å²) in [6.45, 7) is 6.81. The van der Waals surface area contributed by atoms with Gasteiger partial charge in [0.15, 0.2) is 5.82 Å². The van der Waals surface area contributed by atoms with Crippen LogP contribution < -0.4 is 10.1 Å². The first kappa shape index (κ1) is 24.3. The minimum atomic E-state index is -4.49. The zero-order valence-electron chi connectivity index (χ0n) is 19.5. The predicted molar refractivity (Wildman–Crippen MR) is 124 cm³/mol. The fourth-order valence-electron chi connectivity index (χ4n) is 3.79.